The molecule has 2 aromatic carbocycles. The van der Waals surface area contributed by atoms with Crippen molar-refractivity contribution in [2.24, 2.45) is 0 Å². The molecule has 0 amide bonds. The van der Waals surface area contributed by atoms with Crippen LogP contribution in [0.3, 0.4) is 0 Å². The molecule has 2 rings (SSSR count). The molecule has 116 valence electrons. The predicted molar refractivity (Wildman–Crippen MR) is 85.3 cm³/mol. The van der Waals surface area contributed by atoms with Crippen molar-refractivity contribution >= 4 is 6.29 Å². The van der Waals surface area contributed by atoms with Crippen LogP contribution in [-0.2, 0) is 0 Å². The van der Waals surface area contributed by atoms with Crippen LogP contribution in [0.15, 0.2) is 36.4 Å². The monoisotopic (exact) mass is 300 g/mol. The van der Waals surface area contributed by atoms with Gasteiger partial charge in [-0.3, -0.25) is 4.79 Å². The Morgan fingerprint density at radius 3 is 2.32 bits per heavy atom. The lowest BCUT2D eigenvalue weighted by Crippen LogP contribution is -2.10. The fourth-order valence-electron chi connectivity index (χ4n) is 2.04. The average Bonchev–Trinajstić information content (AvgIpc) is 2.54. The largest absolute Gasteiger partial charge is 0.493 e. The Kier molecular flexibility index (Phi) is 5.42. The van der Waals surface area contributed by atoms with Gasteiger partial charge in [0.2, 0.25) is 0 Å². The molecule has 0 bridgehead atoms. The van der Waals surface area contributed by atoms with Crippen LogP contribution in [0, 0.1) is 13.8 Å². The van der Waals surface area contributed by atoms with Gasteiger partial charge in [0.1, 0.15) is 25.2 Å². The molecule has 2 aromatic rings. The van der Waals surface area contributed by atoms with Gasteiger partial charge >= 0.3 is 0 Å². The second-order valence-corrected chi connectivity index (χ2v) is 4.99. The van der Waals surface area contributed by atoms with Crippen molar-refractivity contribution in [2.45, 2.75) is 13.8 Å². The Morgan fingerprint density at radius 2 is 1.64 bits per heavy atom. The van der Waals surface area contributed by atoms with Gasteiger partial charge in [0.15, 0.2) is 11.5 Å². The zero-order chi connectivity index (χ0) is 15.9. The highest BCUT2D eigenvalue weighted by atomic mass is 16.5. The van der Waals surface area contributed by atoms with Crippen LogP contribution in [0.25, 0.3) is 0 Å². The summed E-state index contributed by atoms with van der Waals surface area (Å²) < 4.78 is 16.6. The summed E-state index contributed by atoms with van der Waals surface area (Å²) in [6, 6.07) is 11.2. The number of carbonyl (C=O) groups is 1. The summed E-state index contributed by atoms with van der Waals surface area (Å²) in [6.45, 7) is 4.87. The standard InChI is InChI=1S/C18H20O4/c1-13-4-5-14(2)17(10-13)22-9-8-21-16-7-6-15(12-19)11-18(16)20-3/h4-7,10-12H,8-9H2,1-3H3. The van der Waals surface area contributed by atoms with Crippen LogP contribution < -0.4 is 14.2 Å². The number of benzene rings is 2. The molecule has 4 heteroatoms. The van der Waals surface area contributed by atoms with Crippen molar-refractivity contribution in [3.8, 4) is 17.2 Å². The minimum Gasteiger partial charge on any atom is -0.493 e. The molecule has 0 radical (unpaired) electrons. The molecule has 0 N–H and O–H groups in total. The zero-order valence-corrected chi connectivity index (χ0v) is 13.1. The van der Waals surface area contributed by atoms with Crippen LogP contribution in [-0.4, -0.2) is 26.6 Å². The Morgan fingerprint density at radius 1 is 0.909 bits per heavy atom. The number of hydrogen-bond acceptors (Lipinski definition) is 4. The van der Waals surface area contributed by atoms with Gasteiger partial charge in [-0.15, -0.1) is 0 Å². The molecule has 0 aromatic heterocycles. The highest BCUT2D eigenvalue weighted by Crippen LogP contribution is 2.27. The molecule has 0 aliphatic rings. The Bertz CT molecular complexity index is 650. The van der Waals surface area contributed by atoms with Gasteiger partial charge in [0.05, 0.1) is 7.11 Å². The third kappa shape index (κ3) is 4.01. The highest BCUT2D eigenvalue weighted by molar-refractivity contribution is 5.76. The quantitative estimate of drug-likeness (QED) is 0.579. The van der Waals surface area contributed by atoms with E-state index in [1.165, 1.54) is 0 Å². The third-order valence-corrected chi connectivity index (χ3v) is 3.27. The predicted octanol–water partition coefficient (Wildman–Crippen LogP) is 3.58. The van der Waals surface area contributed by atoms with E-state index < -0.39 is 0 Å². The fraction of sp³-hybridized carbons (Fsp3) is 0.278. The Labute approximate surface area is 130 Å². The molecule has 0 saturated heterocycles. The van der Waals surface area contributed by atoms with Gasteiger partial charge in [0, 0.05) is 5.56 Å². The first-order valence-corrected chi connectivity index (χ1v) is 7.10. The molecule has 0 aliphatic heterocycles. The summed E-state index contributed by atoms with van der Waals surface area (Å²) in [6.07, 6.45) is 0.774. The molecule has 0 aliphatic carbocycles. The molecule has 0 fully saturated rings. The highest BCUT2D eigenvalue weighted by Gasteiger charge is 2.06. The van der Waals surface area contributed by atoms with Crippen LogP contribution >= 0.6 is 0 Å². The molecule has 0 saturated carbocycles. The van der Waals surface area contributed by atoms with Crippen molar-refractivity contribution in [2.75, 3.05) is 20.3 Å². The van der Waals surface area contributed by atoms with Crippen LogP contribution in [0.2, 0.25) is 0 Å². The molecule has 0 heterocycles. The van der Waals surface area contributed by atoms with Gasteiger partial charge in [-0.25, -0.2) is 0 Å². The van der Waals surface area contributed by atoms with Gasteiger partial charge < -0.3 is 14.2 Å². The first-order valence-electron chi connectivity index (χ1n) is 7.10. The van der Waals surface area contributed by atoms with E-state index in [0.717, 1.165) is 23.2 Å². The van der Waals surface area contributed by atoms with Gasteiger partial charge in [-0.05, 0) is 49.2 Å². The minimum atomic E-state index is 0.393. The zero-order valence-electron chi connectivity index (χ0n) is 13.1. The molecular formula is C18H20O4. The summed E-state index contributed by atoms with van der Waals surface area (Å²) in [7, 11) is 1.55. The summed E-state index contributed by atoms with van der Waals surface area (Å²) >= 11 is 0. The van der Waals surface area contributed by atoms with E-state index in [4.69, 9.17) is 14.2 Å². The number of hydrogen-bond donors (Lipinski definition) is 0. The molecule has 0 atom stereocenters. The van der Waals surface area contributed by atoms with E-state index in [1.54, 1.807) is 25.3 Å². The molecular weight excluding hydrogens is 280 g/mol. The third-order valence-electron chi connectivity index (χ3n) is 3.27. The lowest BCUT2D eigenvalue weighted by molar-refractivity contribution is 0.112. The van der Waals surface area contributed by atoms with Crippen LogP contribution in [0.4, 0.5) is 0 Å². The second-order valence-electron chi connectivity index (χ2n) is 4.99. The lowest BCUT2D eigenvalue weighted by Gasteiger charge is -2.13. The second kappa shape index (κ2) is 7.50. The van der Waals surface area contributed by atoms with Gasteiger partial charge in [0.25, 0.3) is 0 Å². The van der Waals surface area contributed by atoms with Crippen molar-refractivity contribution in [3.05, 3.63) is 53.1 Å². The SMILES string of the molecule is COc1cc(C=O)ccc1OCCOc1cc(C)ccc1C. The summed E-state index contributed by atoms with van der Waals surface area (Å²) in [5.41, 5.74) is 2.81. The number of ether oxygens (including phenoxy) is 3. The maximum Gasteiger partial charge on any atom is 0.161 e. The smallest absolute Gasteiger partial charge is 0.161 e. The normalized spacial score (nSPS) is 10.1. The van der Waals surface area contributed by atoms with Crippen molar-refractivity contribution in [3.63, 3.8) is 0 Å². The van der Waals surface area contributed by atoms with E-state index in [-0.39, 0.29) is 0 Å². The number of aryl methyl sites for hydroxylation is 2. The average molecular weight is 300 g/mol. The first-order chi connectivity index (χ1) is 10.6. The number of aldehydes is 1. The van der Waals surface area contributed by atoms with Crippen molar-refractivity contribution < 1.29 is 19.0 Å². The Hall–Kier alpha value is -2.49. The van der Waals surface area contributed by atoms with E-state index >= 15 is 0 Å². The van der Waals surface area contributed by atoms with Crippen molar-refractivity contribution in [1.29, 1.82) is 0 Å². The summed E-state index contributed by atoms with van der Waals surface area (Å²) in [4.78, 5) is 10.7. The van der Waals surface area contributed by atoms with Gasteiger partial charge in [-0.1, -0.05) is 12.1 Å². The maximum atomic E-state index is 10.7. The fourth-order valence-corrected chi connectivity index (χ4v) is 2.04. The Balaban J connectivity index is 1.91. The summed E-state index contributed by atoms with van der Waals surface area (Å²) in [5, 5.41) is 0. The van der Waals surface area contributed by atoms with E-state index in [2.05, 4.69) is 6.07 Å². The van der Waals surface area contributed by atoms with E-state index in [9.17, 15) is 4.79 Å². The number of methoxy groups -OCH3 is 1. The van der Waals surface area contributed by atoms with Crippen molar-refractivity contribution in [1.82, 2.24) is 0 Å². The van der Waals surface area contributed by atoms with Gasteiger partial charge in [-0.2, -0.15) is 0 Å². The van der Waals surface area contributed by atoms with E-state index in [1.807, 2.05) is 26.0 Å². The molecule has 0 spiro atoms. The number of rotatable bonds is 7. The van der Waals surface area contributed by atoms with Crippen LogP contribution in [0.1, 0.15) is 21.5 Å². The molecule has 4 nitrogen and oxygen atoms in total. The molecule has 22 heavy (non-hydrogen) atoms. The minimum absolute atomic E-state index is 0.393. The van der Waals surface area contributed by atoms with Crippen LogP contribution in [0.5, 0.6) is 17.2 Å². The molecule has 0 unspecified atom stereocenters. The summed E-state index contributed by atoms with van der Waals surface area (Å²) in [5.74, 6) is 2.00. The topological polar surface area (TPSA) is 44.8 Å². The number of carbonyl (C=O) groups excluding carboxylic acids is 1. The maximum absolute atomic E-state index is 10.7. The lowest BCUT2D eigenvalue weighted by atomic mass is 10.1. The van der Waals surface area contributed by atoms with E-state index in [0.29, 0.717) is 30.3 Å². The first kappa shape index (κ1) is 15.9.